The second kappa shape index (κ2) is 15.0. The number of carbonyl (C=O) groups excluding carboxylic acids is 2. The van der Waals surface area contributed by atoms with Gasteiger partial charge in [0.15, 0.2) is 0 Å². The second-order valence-electron chi connectivity index (χ2n) is 7.74. The summed E-state index contributed by atoms with van der Waals surface area (Å²) in [6.07, 6.45) is 0.741. The molecule has 0 fully saturated rings. The highest BCUT2D eigenvalue weighted by Crippen LogP contribution is 2.16. The van der Waals surface area contributed by atoms with Crippen LogP contribution in [0.25, 0.3) is 0 Å². The minimum atomic E-state index is -0.0232. The van der Waals surface area contributed by atoms with Crippen molar-refractivity contribution in [3.05, 3.63) is 71.8 Å². The predicted molar refractivity (Wildman–Crippen MR) is 134 cm³/mol. The minimum Gasteiger partial charge on any atom is -0.356 e. The van der Waals surface area contributed by atoms with Gasteiger partial charge >= 0.3 is 0 Å². The normalized spacial score (nSPS) is 12.7. The molecule has 0 radical (unpaired) electrons. The molecule has 0 aromatic heterocycles. The zero-order valence-corrected chi connectivity index (χ0v) is 20.1. The summed E-state index contributed by atoms with van der Waals surface area (Å²) in [5.41, 5.74) is 2.56. The molecule has 0 spiro atoms. The first-order valence-electron chi connectivity index (χ1n) is 10.8. The van der Waals surface area contributed by atoms with Crippen LogP contribution in [0.2, 0.25) is 0 Å². The Morgan fingerprint density at radius 1 is 0.710 bits per heavy atom. The standard InChI is InChI=1S/C25H34N2O2S2/c1-20(16-30-18-22-10-5-3-6-11-22)24(28)26-14-9-15-27-25(29)21(2)17-31-19-23-12-7-4-8-13-23/h3-8,10-13,20-21H,9,14-19H2,1-2H3,(H,26,28)(H,27,29). The van der Waals surface area contributed by atoms with Gasteiger partial charge in [-0.15, -0.1) is 0 Å². The Morgan fingerprint density at radius 2 is 1.10 bits per heavy atom. The van der Waals surface area contributed by atoms with Gasteiger partial charge in [0.25, 0.3) is 0 Å². The maximum atomic E-state index is 12.2. The van der Waals surface area contributed by atoms with Crippen LogP contribution in [0.1, 0.15) is 31.4 Å². The van der Waals surface area contributed by atoms with E-state index in [4.69, 9.17) is 0 Å². The summed E-state index contributed by atoms with van der Waals surface area (Å²) >= 11 is 3.56. The van der Waals surface area contributed by atoms with Crippen LogP contribution in [0.3, 0.4) is 0 Å². The average Bonchev–Trinajstić information content (AvgIpc) is 2.79. The Morgan fingerprint density at radius 3 is 1.48 bits per heavy atom. The SMILES string of the molecule is CC(CSCc1ccccc1)C(=O)NCCCNC(=O)C(C)CSCc1ccccc1. The molecule has 0 heterocycles. The van der Waals surface area contributed by atoms with Crippen molar-refractivity contribution >= 4 is 35.3 Å². The Labute approximate surface area is 195 Å². The van der Waals surface area contributed by atoms with Gasteiger partial charge in [-0.05, 0) is 17.5 Å². The fraction of sp³-hybridized carbons (Fsp3) is 0.440. The maximum absolute atomic E-state index is 12.2. The Bertz CT molecular complexity index is 706. The average molecular weight is 459 g/mol. The van der Waals surface area contributed by atoms with Crippen LogP contribution >= 0.6 is 23.5 Å². The van der Waals surface area contributed by atoms with E-state index in [1.165, 1.54) is 11.1 Å². The summed E-state index contributed by atoms with van der Waals surface area (Å²) in [7, 11) is 0. The van der Waals surface area contributed by atoms with Crippen molar-refractivity contribution in [2.24, 2.45) is 11.8 Å². The minimum absolute atomic E-state index is 0.0232. The zero-order chi connectivity index (χ0) is 22.3. The fourth-order valence-electron chi connectivity index (χ4n) is 2.87. The molecule has 0 aliphatic heterocycles. The lowest BCUT2D eigenvalue weighted by Gasteiger charge is -2.14. The molecule has 4 nitrogen and oxygen atoms in total. The molecule has 168 valence electrons. The monoisotopic (exact) mass is 458 g/mol. The number of carbonyl (C=O) groups is 2. The number of thioether (sulfide) groups is 2. The molecule has 0 aliphatic rings. The smallest absolute Gasteiger partial charge is 0.223 e. The first kappa shape index (κ1) is 25.3. The molecular formula is C25H34N2O2S2. The quantitative estimate of drug-likeness (QED) is 0.401. The largest absolute Gasteiger partial charge is 0.356 e. The summed E-state index contributed by atoms with van der Waals surface area (Å²) in [6.45, 7) is 5.10. The molecule has 2 rings (SSSR count). The topological polar surface area (TPSA) is 58.2 Å². The van der Waals surface area contributed by atoms with E-state index in [9.17, 15) is 9.59 Å². The maximum Gasteiger partial charge on any atom is 0.223 e. The van der Waals surface area contributed by atoms with Gasteiger partial charge in [0.2, 0.25) is 11.8 Å². The summed E-state index contributed by atoms with van der Waals surface area (Å²) in [4.78, 5) is 24.4. The van der Waals surface area contributed by atoms with Crippen molar-refractivity contribution in [3.63, 3.8) is 0 Å². The first-order chi connectivity index (χ1) is 15.1. The van der Waals surface area contributed by atoms with E-state index in [1.807, 2.05) is 50.2 Å². The van der Waals surface area contributed by atoms with E-state index in [0.717, 1.165) is 29.4 Å². The van der Waals surface area contributed by atoms with Crippen molar-refractivity contribution in [2.75, 3.05) is 24.6 Å². The number of nitrogens with one attached hydrogen (secondary N) is 2. The molecule has 0 saturated heterocycles. The lowest BCUT2D eigenvalue weighted by Crippen LogP contribution is -2.35. The second-order valence-corrected chi connectivity index (χ2v) is 9.80. The van der Waals surface area contributed by atoms with Crippen LogP contribution in [-0.2, 0) is 21.1 Å². The lowest BCUT2D eigenvalue weighted by atomic mass is 10.2. The predicted octanol–water partition coefficient (Wildman–Crippen LogP) is 4.75. The van der Waals surface area contributed by atoms with Gasteiger partial charge in [-0.25, -0.2) is 0 Å². The van der Waals surface area contributed by atoms with Gasteiger partial charge in [0.05, 0.1) is 0 Å². The highest BCUT2D eigenvalue weighted by molar-refractivity contribution is 7.98. The van der Waals surface area contributed by atoms with Crippen molar-refractivity contribution < 1.29 is 9.59 Å². The Balaban J connectivity index is 1.49. The lowest BCUT2D eigenvalue weighted by molar-refractivity contribution is -0.124. The van der Waals surface area contributed by atoms with E-state index in [-0.39, 0.29) is 23.7 Å². The van der Waals surface area contributed by atoms with Crippen LogP contribution < -0.4 is 10.6 Å². The molecule has 2 amide bonds. The molecule has 2 N–H and O–H groups in total. The van der Waals surface area contributed by atoms with Gasteiger partial charge in [-0.2, -0.15) is 23.5 Å². The molecule has 0 bridgehead atoms. The molecule has 0 aliphatic carbocycles. The molecule has 0 saturated carbocycles. The van der Waals surface area contributed by atoms with Gasteiger partial charge in [0, 0.05) is 47.9 Å². The number of amides is 2. The highest BCUT2D eigenvalue weighted by atomic mass is 32.2. The van der Waals surface area contributed by atoms with E-state index in [2.05, 4.69) is 34.9 Å². The van der Waals surface area contributed by atoms with Gasteiger partial charge in [-0.3, -0.25) is 9.59 Å². The van der Waals surface area contributed by atoms with E-state index in [0.29, 0.717) is 13.1 Å². The summed E-state index contributed by atoms with van der Waals surface area (Å²) in [5.74, 6) is 3.56. The molecule has 2 unspecified atom stereocenters. The molecule has 31 heavy (non-hydrogen) atoms. The van der Waals surface area contributed by atoms with Gasteiger partial charge < -0.3 is 10.6 Å². The summed E-state index contributed by atoms with van der Waals surface area (Å²) in [5, 5.41) is 5.96. The van der Waals surface area contributed by atoms with Crippen molar-refractivity contribution in [1.29, 1.82) is 0 Å². The number of rotatable bonds is 14. The molecule has 2 atom stereocenters. The Hall–Kier alpha value is -1.92. The number of hydrogen-bond acceptors (Lipinski definition) is 4. The number of hydrogen-bond donors (Lipinski definition) is 2. The summed E-state index contributed by atoms with van der Waals surface area (Å²) in [6, 6.07) is 20.6. The highest BCUT2D eigenvalue weighted by Gasteiger charge is 2.14. The fourth-order valence-corrected chi connectivity index (χ4v) is 4.97. The number of benzene rings is 2. The zero-order valence-electron chi connectivity index (χ0n) is 18.5. The van der Waals surface area contributed by atoms with Crippen LogP contribution in [0.5, 0.6) is 0 Å². The van der Waals surface area contributed by atoms with Gasteiger partial charge in [-0.1, -0.05) is 74.5 Å². The van der Waals surface area contributed by atoms with Crippen LogP contribution in [0.4, 0.5) is 0 Å². The molecule has 6 heteroatoms. The Kier molecular flexibility index (Phi) is 12.2. The molecular weight excluding hydrogens is 424 g/mol. The van der Waals surface area contributed by atoms with Crippen molar-refractivity contribution in [2.45, 2.75) is 31.8 Å². The van der Waals surface area contributed by atoms with Crippen LogP contribution in [-0.4, -0.2) is 36.4 Å². The van der Waals surface area contributed by atoms with E-state index < -0.39 is 0 Å². The molecule has 2 aromatic carbocycles. The van der Waals surface area contributed by atoms with E-state index >= 15 is 0 Å². The van der Waals surface area contributed by atoms with E-state index in [1.54, 1.807) is 23.5 Å². The van der Waals surface area contributed by atoms with Gasteiger partial charge in [0.1, 0.15) is 0 Å². The third-order valence-corrected chi connectivity index (χ3v) is 7.35. The molecule has 2 aromatic rings. The van der Waals surface area contributed by atoms with Crippen molar-refractivity contribution in [3.8, 4) is 0 Å². The van der Waals surface area contributed by atoms with Crippen LogP contribution in [0.15, 0.2) is 60.7 Å². The third-order valence-electron chi connectivity index (χ3n) is 4.81. The summed E-state index contributed by atoms with van der Waals surface area (Å²) < 4.78 is 0. The van der Waals surface area contributed by atoms with Crippen molar-refractivity contribution in [1.82, 2.24) is 10.6 Å². The first-order valence-corrected chi connectivity index (χ1v) is 13.2. The van der Waals surface area contributed by atoms with Crippen LogP contribution in [0, 0.1) is 11.8 Å². The third kappa shape index (κ3) is 10.8.